The number of nitrogens with one attached hydrogen (secondary N) is 1. The maximum absolute atomic E-state index is 13.3. The highest BCUT2D eigenvalue weighted by Crippen LogP contribution is 2.42. The van der Waals surface area contributed by atoms with Crippen molar-refractivity contribution in [3.63, 3.8) is 0 Å². The molecule has 2 atom stereocenters. The predicted octanol–water partition coefficient (Wildman–Crippen LogP) is 3.38. The van der Waals surface area contributed by atoms with Crippen LogP contribution in [0.15, 0.2) is 54.6 Å². The van der Waals surface area contributed by atoms with Gasteiger partial charge in [0.25, 0.3) is 0 Å². The molecule has 154 valence electrons. The molecule has 1 aliphatic heterocycles. The molecule has 29 heavy (non-hydrogen) atoms. The molecule has 2 unspecified atom stereocenters. The number of rotatable bonds is 8. The SMILES string of the molecule is O=C(NCC(Cc1ccccc1)N1CCOCC1)C(c1ccc(F)cc1)C1CC1. The van der Waals surface area contributed by atoms with Gasteiger partial charge in [-0.2, -0.15) is 0 Å². The Hall–Kier alpha value is -2.24. The van der Waals surface area contributed by atoms with Crippen LogP contribution in [0.1, 0.15) is 29.9 Å². The van der Waals surface area contributed by atoms with Gasteiger partial charge in [-0.25, -0.2) is 4.39 Å². The Morgan fingerprint density at radius 2 is 1.76 bits per heavy atom. The van der Waals surface area contributed by atoms with Crippen LogP contribution in [0.5, 0.6) is 0 Å². The maximum Gasteiger partial charge on any atom is 0.227 e. The van der Waals surface area contributed by atoms with Crippen molar-refractivity contribution in [1.82, 2.24) is 10.2 Å². The van der Waals surface area contributed by atoms with E-state index in [1.807, 2.05) is 6.07 Å². The number of amides is 1. The molecule has 0 radical (unpaired) electrons. The van der Waals surface area contributed by atoms with Gasteiger partial charge in [0.1, 0.15) is 5.82 Å². The number of carbonyl (C=O) groups excluding carboxylic acids is 1. The summed E-state index contributed by atoms with van der Waals surface area (Å²) in [5.74, 6) is -0.0153. The van der Waals surface area contributed by atoms with Crippen LogP contribution in [0.2, 0.25) is 0 Å². The minimum Gasteiger partial charge on any atom is -0.379 e. The van der Waals surface area contributed by atoms with Crippen molar-refractivity contribution in [3.8, 4) is 0 Å². The van der Waals surface area contributed by atoms with Gasteiger partial charge in [0.05, 0.1) is 19.1 Å². The van der Waals surface area contributed by atoms with Crippen LogP contribution in [0.3, 0.4) is 0 Å². The summed E-state index contributed by atoms with van der Waals surface area (Å²) in [5, 5.41) is 3.22. The lowest BCUT2D eigenvalue weighted by Crippen LogP contribution is -2.50. The molecule has 1 aliphatic carbocycles. The van der Waals surface area contributed by atoms with E-state index in [2.05, 4.69) is 34.5 Å². The van der Waals surface area contributed by atoms with E-state index in [4.69, 9.17) is 4.74 Å². The van der Waals surface area contributed by atoms with Crippen molar-refractivity contribution in [2.45, 2.75) is 31.2 Å². The lowest BCUT2D eigenvalue weighted by atomic mass is 9.93. The van der Waals surface area contributed by atoms with E-state index in [1.54, 1.807) is 12.1 Å². The number of hydrogen-bond acceptors (Lipinski definition) is 3. The van der Waals surface area contributed by atoms with Crippen LogP contribution < -0.4 is 5.32 Å². The Morgan fingerprint density at radius 1 is 1.07 bits per heavy atom. The highest BCUT2D eigenvalue weighted by atomic mass is 19.1. The molecule has 1 saturated heterocycles. The molecule has 1 amide bonds. The first kappa shape index (κ1) is 20.0. The predicted molar refractivity (Wildman–Crippen MR) is 111 cm³/mol. The fourth-order valence-electron chi connectivity index (χ4n) is 4.22. The van der Waals surface area contributed by atoms with Gasteiger partial charge in [-0.1, -0.05) is 42.5 Å². The van der Waals surface area contributed by atoms with E-state index < -0.39 is 0 Å². The molecule has 1 saturated carbocycles. The summed E-state index contributed by atoms with van der Waals surface area (Å²) < 4.78 is 18.8. The Kier molecular flexibility index (Phi) is 6.57. The van der Waals surface area contributed by atoms with Gasteiger partial charge in [-0.15, -0.1) is 0 Å². The molecule has 2 aliphatic rings. The largest absolute Gasteiger partial charge is 0.379 e. The van der Waals surface area contributed by atoms with Crippen LogP contribution in [0.25, 0.3) is 0 Å². The van der Waals surface area contributed by atoms with E-state index in [-0.39, 0.29) is 23.7 Å². The third-order valence-electron chi connectivity index (χ3n) is 5.99. The fourth-order valence-corrected chi connectivity index (χ4v) is 4.22. The van der Waals surface area contributed by atoms with Crippen molar-refractivity contribution < 1.29 is 13.9 Å². The Labute approximate surface area is 172 Å². The van der Waals surface area contributed by atoms with Crippen LogP contribution in [0.4, 0.5) is 4.39 Å². The normalized spacial score (nSPS) is 19.5. The van der Waals surface area contributed by atoms with Crippen LogP contribution in [-0.2, 0) is 16.0 Å². The maximum atomic E-state index is 13.3. The van der Waals surface area contributed by atoms with Crippen molar-refractivity contribution in [2.75, 3.05) is 32.8 Å². The topological polar surface area (TPSA) is 41.6 Å². The second-order valence-corrected chi connectivity index (χ2v) is 8.10. The molecule has 5 heteroatoms. The Morgan fingerprint density at radius 3 is 2.41 bits per heavy atom. The quantitative estimate of drug-likeness (QED) is 0.744. The van der Waals surface area contributed by atoms with Gasteiger partial charge < -0.3 is 10.1 Å². The minimum atomic E-state index is -0.265. The van der Waals surface area contributed by atoms with Gasteiger partial charge in [0, 0.05) is 25.7 Å². The number of hydrogen-bond donors (Lipinski definition) is 1. The van der Waals surface area contributed by atoms with Crippen molar-refractivity contribution in [1.29, 1.82) is 0 Å². The standard InChI is InChI=1S/C24H29FN2O2/c25-21-10-8-20(9-11-21)23(19-6-7-19)24(28)26-17-22(27-12-14-29-15-13-27)16-18-4-2-1-3-5-18/h1-5,8-11,19,22-23H,6-7,12-17H2,(H,26,28). The summed E-state index contributed by atoms with van der Waals surface area (Å²) in [4.78, 5) is 15.5. The monoisotopic (exact) mass is 396 g/mol. The number of benzene rings is 2. The van der Waals surface area contributed by atoms with Gasteiger partial charge in [-0.3, -0.25) is 9.69 Å². The first-order valence-corrected chi connectivity index (χ1v) is 10.6. The molecule has 2 fully saturated rings. The summed E-state index contributed by atoms with van der Waals surface area (Å²) in [6.45, 7) is 3.85. The van der Waals surface area contributed by atoms with Gasteiger partial charge in [-0.05, 0) is 48.4 Å². The van der Waals surface area contributed by atoms with E-state index >= 15 is 0 Å². The van der Waals surface area contributed by atoms with E-state index in [0.29, 0.717) is 12.5 Å². The lowest BCUT2D eigenvalue weighted by molar-refractivity contribution is -0.123. The molecule has 0 aromatic heterocycles. The zero-order valence-corrected chi connectivity index (χ0v) is 16.7. The lowest BCUT2D eigenvalue weighted by Gasteiger charge is -2.35. The van der Waals surface area contributed by atoms with Gasteiger partial charge in [0.2, 0.25) is 5.91 Å². The average molecular weight is 397 g/mol. The molecule has 0 bridgehead atoms. The first-order valence-electron chi connectivity index (χ1n) is 10.6. The molecule has 4 rings (SSSR count). The Bertz CT molecular complexity index is 786. The molecular formula is C24H29FN2O2. The summed E-state index contributed by atoms with van der Waals surface area (Å²) in [6.07, 6.45) is 3.02. The summed E-state index contributed by atoms with van der Waals surface area (Å²) in [6, 6.07) is 17.1. The number of halogens is 1. The minimum absolute atomic E-state index is 0.0606. The van der Waals surface area contributed by atoms with E-state index in [9.17, 15) is 9.18 Å². The van der Waals surface area contributed by atoms with Gasteiger partial charge in [0.15, 0.2) is 0 Å². The zero-order chi connectivity index (χ0) is 20.1. The summed E-state index contributed by atoms with van der Waals surface area (Å²) >= 11 is 0. The zero-order valence-electron chi connectivity index (χ0n) is 16.7. The van der Waals surface area contributed by atoms with E-state index in [1.165, 1.54) is 17.7 Å². The first-order chi connectivity index (χ1) is 14.2. The number of morpholine rings is 1. The highest BCUT2D eigenvalue weighted by molar-refractivity contribution is 5.84. The summed E-state index contributed by atoms with van der Waals surface area (Å²) in [7, 11) is 0. The molecular weight excluding hydrogens is 367 g/mol. The van der Waals surface area contributed by atoms with Crippen LogP contribution in [0, 0.1) is 11.7 Å². The Balaban J connectivity index is 1.43. The smallest absolute Gasteiger partial charge is 0.227 e. The summed E-state index contributed by atoms with van der Waals surface area (Å²) in [5.41, 5.74) is 2.19. The molecule has 2 aromatic rings. The second kappa shape index (κ2) is 9.51. The van der Waals surface area contributed by atoms with Crippen LogP contribution >= 0.6 is 0 Å². The van der Waals surface area contributed by atoms with Crippen molar-refractivity contribution in [3.05, 3.63) is 71.5 Å². The molecule has 4 nitrogen and oxygen atoms in total. The van der Waals surface area contributed by atoms with E-state index in [0.717, 1.165) is 51.1 Å². The molecule has 2 aromatic carbocycles. The van der Waals surface area contributed by atoms with Gasteiger partial charge >= 0.3 is 0 Å². The third-order valence-corrected chi connectivity index (χ3v) is 5.99. The molecule has 0 spiro atoms. The molecule has 1 N–H and O–H groups in total. The number of nitrogens with zero attached hydrogens (tertiary/aromatic N) is 1. The number of ether oxygens (including phenoxy) is 1. The van der Waals surface area contributed by atoms with Crippen molar-refractivity contribution in [2.24, 2.45) is 5.92 Å². The molecule has 1 heterocycles. The van der Waals surface area contributed by atoms with Crippen molar-refractivity contribution >= 4 is 5.91 Å². The van der Waals surface area contributed by atoms with Crippen LogP contribution in [-0.4, -0.2) is 49.7 Å². The second-order valence-electron chi connectivity index (χ2n) is 8.10. The highest BCUT2D eigenvalue weighted by Gasteiger charge is 2.37. The fraction of sp³-hybridized carbons (Fsp3) is 0.458. The third kappa shape index (κ3) is 5.43. The number of carbonyl (C=O) groups is 1. The average Bonchev–Trinajstić information content (AvgIpc) is 3.59.